The fourth-order valence-corrected chi connectivity index (χ4v) is 12.6. The molecule has 6 heteroatoms. The van der Waals surface area contributed by atoms with Crippen molar-refractivity contribution in [2.24, 2.45) is 0 Å². The van der Waals surface area contributed by atoms with Gasteiger partial charge in [0.25, 0.3) is 0 Å². The maximum Gasteiger partial charge on any atom is 0.333 e. The van der Waals surface area contributed by atoms with Crippen molar-refractivity contribution in [2.75, 3.05) is 9.71 Å². The van der Waals surface area contributed by atoms with Crippen molar-refractivity contribution in [1.29, 1.82) is 0 Å². The molecule has 15 rings (SSSR count). The van der Waals surface area contributed by atoms with Gasteiger partial charge >= 0.3 is 6.85 Å². The first-order valence-electron chi connectivity index (χ1n) is 23.0. The summed E-state index contributed by atoms with van der Waals surface area (Å²) in [6, 6.07) is 78.4. The van der Waals surface area contributed by atoms with Crippen LogP contribution in [0.1, 0.15) is 5.56 Å². The summed E-state index contributed by atoms with van der Waals surface area (Å²) in [4.78, 5) is 5.02. The molecule has 3 aromatic heterocycles. The first-order valence-corrected chi connectivity index (χ1v) is 23.8. The summed E-state index contributed by atoms with van der Waals surface area (Å²) in [5, 5.41) is 7.36. The Morgan fingerprint density at radius 1 is 0.478 bits per heavy atom. The maximum absolute atomic E-state index is 6.61. The maximum atomic E-state index is 6.61. The molecular weight excluding hydrogens is 834 g/mol. The topological polar surface area (TPSA) is 24.6 Å². The number of nitrogens with zero attached hydrogens (tertiary/aromatic N) is 3. The molecule has 0 spiro atoms. The van der Waals surface area contributed by atoms with Crippen LogP contribution in [0.4, 0.5) is 28.4 Å². The predicted octanol–water partition coefficient (Wildman–Crippen LogP) is 15.7. The minimum absolute atomic E-state index is 0.119. The number of aromatic nitrogens is 1. The van der Waals surface area contributed by atoms with Crippen LogP contribution in [0.25, 0.3) is 91.9 Å². The lowest BCUT2D eigenvalue weighted by Crippen LogP contribution is -2.60. The molecule has 312 valence electrons. The number of hydrogen-bond acceptors (Lipinski definition) is 4. The highest BCUT2D eigenvalue weighted by atomic mass is 32.1. The monoisotopic (exact) mass is 871 g/mol. The van der Waals surface area contributed by atoms with Gasteiger partial charge in [-0.25, -0.2) is 0 Å². The average molecular weight is 872 g/mol. The number of para-hydroxylation sites is 4. The van der Waals surface area contributed by atoms with E-state index in [1.165, 1.54) is 86.5 Å². The fraction of sp³-hybridized carbons (Fsp3) is 0.0164. The molecule has 13 aromatic rings. The van der Waals surface area contributed by atoms with Crippen LogP contribution < -0.4 is 20.6 Å². The second-order valence-electron chi connectivity index (χ2n) is 18.1. The van der Waals surface area contributed by atoms with Crippen molar-refractivity contribution in [1.82, 2.24) is 4.57 Å². The normalized spacial score (nSPS) is 12.8. The molecule has 0 unspecified atom stereocenters. The Labute approximate surface area is 390 Å². The molecule has 0 saturated carbocycles. The van der Waals surface area contributed by atoms with E-state index in [0.29, 0.717) is 0 Å². The van der Waals surface area contributed by atoms with Crippen molar-refractivity contribution in [3.05, 3.63) is 218 Å². The Bertz CT molecular complexity index is 4150. The van der Waals surface area contributed by atoms with Crippen LogP contribution in [0.15, 0.2) is 217 Å². The molecule has 2 aliphatic rings. The van der Waals surface area contributed by atoms with Crippen LogP contribution in [0, 0.1) is 6.92 Å². The highest BCUT2D eigenvalue weighted by Gasteiger charge is 2.45. The predicted molar refractivity (Wildman–Crippen MR) is 285 cm³/mol. The van der Waals surface area contributed by atoms with Crippen LogP contribution in [-0.2, 0) is 0 Å². The summed E-state index contributed by atoms with van der Waals surface area (Å²) in [7, 11) is 0. The van der Waals surface area contributed by atoms with E-state index in [2.05, 4.69) is 234 Å². The summed E-state index contributed by atoms with van der Waals surface area (Å²) in [5.74, 6) is 0. The van der Waals surface area contributed by atoms with E-state index in [1.54, 1.807) is 0 Å². The lowest BCUT2D eigenvalue weighted by Gasteiger charge is -2.42. The van der Waals surface area contributed by atoms with Gasteiger partial charge in [0, 0.05) is 81.4 Å². The third-order valence-corrected chi connectivity index (χ3v) is 15.5. The molecule has 0 atom stereocenters. The van der Waals surface area contributed by atoms with Crippen molar-refractivity contribution in [3.63, 3.8) is 0 Å². The first-order chi connectivity index (χ1) is 33.1. The van der Waals surface area contributed by atoms with Gasteiger partial charge in [-0.2, -0.15) is 0 Å². The Morgan fingerprint density at radius 2 is 1.18 bits per heavy atom. The van der Waals surface area contributed by atoms with Gasteiger partial charge in [-0.05, 0) is 138 Å². The largest absolute Gasteiger partial charge is 0.456 e. The van der Waals surface area contributed by atoms with Gasteiger partial charge in [0.15, 0.2) is 0 Å². The number of hydrogen-bond donors (Lipinski definition) is 0. The molecule has 5 heterocycles. The zero-order valence-corrected chi connectivity index (χ0v) is 37.3. The second kappa shape index (κ2) is 13.8. The Balaban J connectivity index is 1.11. The molecule has 67 heavy (non-hydrogen) atoms. The van der Waals surface area contributed by atoms with Crippen LogP contribution in [0.5, 0.6) is 0 Å². The van der Waals surface area contributed by atoms with Crippen molar-refractivity contribution >= 4 is 121 Å². The number of rotatable bonds is 5. The Morgan fingerprint density at radius 3 is 1.99 bits per heavy atom. The van der Waals surface area contributed by atoms with Crippen molar-refractivity contribution < 1.29 is 4.42 Å². The molecule has 2 aliphatic heterocycles. The number of benzene rings is 10. The lowest BCUT2D eigenvalue weighted by molar-refractivity contribution is 0.669. The summed E-state index contributed by atoms with van der Waals surface area (Å²) >= 11 is 1.89. The van der Waals surface area contributed by atoms with E-state index in [1.807, 2.05) is 11.3 Å². The number of fused-ring (bicyclic) bond motifs is 14. The third kappa shape index (κ3) is 5.24. The van der Waals surface area contributed by atoms with E-state index in [9.17, 15) is 0 Å². The van der Waals surface area contributed by atoms with Gasteiger partial charge < -0.3 is 18.7 Å². The molecular formula is C61H38BN3OS. The Kier molecular flexibility index (Phi) is 7.64. The number of aryl methyl sites for hydroxylation is 1. The minimum atomic E-state index is -0.119. The van der Waals surface area contributed by atoms with Crippen LogP contribution in [-0.4, -0.2) is 11.4 Å². The van der Waals surface area contributed by atoms with Gasteiger partial charge in [-0.1, -0.05) is 115 Å². The van der Waals surface area contributed by atoms with Gasteiger partial charge in [0.05, 0.1) is 11.0 Å². The number of furan rings is 1. The molecule has 0 radical (unpaired) electrons. The highest BCUT2D eigenvalue weighted by molar-refractivity contribution is 7.26. The van der Waals surface area contributed by atoms with E-state index in [-0.39, 0.29) is 6.85 Å². The Hall–Kier alpha value is -8.32. The van der Waals surface area contributed by atoms with E-state index in [0.717, 1.165) is 50.3 Å². The van der Waals surface area contributed by atoms with E-state index in [4.69, 9.17) is 4.42 Å². The zero-order valence-electron chi connectivity index (χ0n) is 36.4. The molecule has 0 bridgehead atoms. The molecule has 0 saturated heterocycles. The highest BCUT2D eigenvalue weighted by Crippen LogP contribution is 2.51. The zero-order chi connectivity index (χ0) is 43.9. The lowest BCUT2D eigenvalue weighted by atomic mass is 9.43. The van der Waals surface area contributed by atoms with E-state index < -0.39 is 0 Å². The van der Waals surface area contributed by atoms with Gasteiger partial charge in [0.1, 0.15) is 11.2 Å². The van der Waals surface area contributed by atoms with Gasteiger partial charge in [0.2, 0.25) is 0 Å². The molecule has 0 amide bonds. The van der Waals surface area contributed by atoms with Gasteiger partial charge in [-0.15, -0.1) is 11.3 Å². The van der Waals surface area contributed by atoms with Crippen LogP contribution >= 0.6 is 11.3 Å². The van der Waals surface area contributed by atoms with Crippen molar-refractivity contribution in [2.45, 2.75) is 6.92 Å². The van der Waals surface area contributed by atoms with Gasteiger partial charge in [-0.3, -0.25) is 0 Å². The number of anilines is 5. The SMILES string of the molecule is Cc1ccc(N2B3c4cc5sc6ccccc6c5cc4-n4c5ccccc5c5c(-c6ccc7c(c6)oc6ccccc67)cc(c3c54)-c3cc(N(c4ccccc4)c4ccccc4)ccc32)cc1. The molecule has 0 aliphatic carbocycles. The minimum Gasteiger partial charge on any atom is -0.456 e. The molecule has 10 aromatic carbocycles. The molecule has 0 fully saturated rings. The average Bonchev–Trinajstić information content (AvgIpc) is 4.06. The first kappa shape index (κ1) is 37.0. The van der Waals surface area contributed by atoms with Crippen molar-refractivity contribution in [3.8, 4) is 27.9 Å². The smallest absolute Gasteiger partial charge is 0.333 e. The number of thiophene rings is 1. The fourth-order valence-electron chi connectivity index (χ4n) is 11.5. The summed E-state index contributed by atoms with van der Waals surface area (Å²) in [6.07, 6.45) is 0. The quantitative estimate of drug-likeness (QED) is 0.161. The summed E-state index contributed by atoms with van der Waals surface area (Å²) in [6.45, 7) is 2.06. The summed E-state index contributed by atoms with van der Waals surface area (Å²) < 4.78 is 11.8. The third-order valence-electron chi connectivity index (χ3n) is 14.4. The second-order valence-corrected chi connectivity index (χ2v) is 19.2. The summed E-state index contributed by atoms with van der Waals surface area (Å²) in [5.41, 5.74) is 19.8. The molecule has 0 N–H and O–H groups in total. The van der Waals surface area contributed by atoms with Crippen LogP contribution in [0.3, 0.4) is 0 Å². The van der Waals surface area contributed by atoms with E-state index >= 15 is 0 Å². The molecule has 4 nitrogen and oxygen atoms in total. The standard InChI is InChI=1S/C61H38BN3OS/c1-37-24-27-41(28-25-37)65-53-31-29-42(63(39-14-4-2-5-15-39)40-16-6-3-7-17-40)33-48(53)50-34-47(38-26-30-44-43-18-9-12-22-55(43)66-56(44)32-38)59-46-20-8-11-21-52(46)64-54-35-49-45-19-10-13-23-57(45)67-58(49)36-51(54)62(65)60(50)61(59)64/h2-36H,1H3. The van der Waals surface area contributed by atoms with Crippen LogP contribution in [0.2, 0.25) is 0 Å².